The predicted octanol–water partition coefficient (Wildman–Crippen LogP) is 2.43. The molecule has 0 saturated carbocycles. The van der Waals surface area contributed by atoms with E-state index in [2.05, 4.69) is 4.72 Å². The van der Waals surface area contributed by atoms with Gasteiger partial charge in [-0.05, 0) is 32.4 Å². The number of nitrogens with one attached hydrogen (secondary N) is 1. The fourth-order valence-electron chi connectivity index (χ4n) is 5.89. The van der Waals surface area contributed by atoms with Crippen molar-refractivity contribution >= 4 is 44.8 Å². The molecular formula is C20H21Cl2N3O5S. The summed E-state index contributed by atoms with van der Waals surface area (Å²) in [6, 6.07) is 4.53. The molecule has 0 aromatic heterocycles. The van der Waals surface area contributed by atoms with Crippen LogP contribution >= 0.6 is 23.2 Å². The molecule has 8 nitrogen and oxygen atoms in total. The number of carbonyl (C=O) groups is 1. The molecule has 31 heavy (non-hydrogen) atoms. The first-order valence-corrected chi connectivity index (χ1v) is 12.5. The van der Waals surface area contributed by atoms with Crippen molar-refractivity contribution in [3.05, 3.63) is 27.7 Å². The summed E-state index contributed by atoms with van der Waals surface area (Å²) in [5, 5.41) is 9.54. The van der Waals surface area contributed by atoms with Gasteiger partial charge in [-0.3, -0.25) is 9.69 Å². The van der Waals surface area contributed by atoms with Gasteiger partial charge in [0.1, 0.15) is 12.3 Å². The quantitative estimate of drug-likeness (QED) is 0.701. The number of carbonyl (C=O) groups excluding carboxylic acids is 1. The molecule has 4 fully saturated rings. The van der Waals surface area contributed by atoms with Crippen molar-refractivity contribution in [3.8, 4) is 6.07 Å². The van der Waals surface area contributed by atoms with E-state index in [1.54, 1.807) is 11.8 Å². The molecule has 4 aliphatic rings. The van der Waals surface area contributed by atoms with Crippen molar-refractivity contribution in [3.63, 3.8) is 0 Å². The lowest BCUT2D eigenvalue weighted by molar-refractivity contribution is -0.139. The Labute approximate surface area is 190 Å². The van der Waals surface area contributed by atoms with E-state index in [0.29, 0.717) is 25.1 Å². The van der Waals surface area contributed by atoms with Gasteiger partial charge in [-0.15, -0.1) is 0 Å². The third-order valence-electron chi connectivity index (χ3n) is 7.25. The molecule has 1 spiro atoms. The first-order valence-electron chi connectivity index (χ1n) is 10.1. The van der Waals surface area contributed by atoms with Gasteiger partial charge in [0.2, 0.25) is 15.9 Å². The van der Waals surface area contributed by atoms with E-state index < -0.39 is 39.4 Å². The number of sulfonamides is 1. The molecule has 0 radical (unpaired) electrons. The molecule has 4 heterocycles. The minimum Gasteiger partial charge on any atom is -0.366 e. The Kier molecular flexibility index (Phi) is 4.70. The average Bonchev–Trinajstić information content (AvgIpc) is 3.25. The average molecular weight is 486 g/mol. The van der Waals surface area contributed by atoms with Crippen molar-refractivity contribution in [2.24, 2.45) is 11.8 Å². The van der Waals surface area contributed by atoms with Gasteiger partial charge in [0.25, 0.3) is 0 Å². The van der Waals surface area contributed by atoms with Crippen molar-refractivity contribution < 1.29 is 22.7 Å². The van der Waals surface area contributed by atoms with E-state index in [4.69, 9.17) is 32.7 Å². The van der Waals surface area contributed by atoms with Crippen LogP contribution in [0.3, 0.4) is 0 Å². The zero-order valence-electron chi connectivity index (χ0n) is 16.9. The van der Waals surface area contributed by atoms with Gasteiger partial charge in [0, 0.05) is 18.0 Å². The molecule has 2 bridgehead atoms. The molecule has 6 atom stereocenters. The molecule has 5 rings (SSSR count). The first-order chi connectivity index (χ1) is 14.6. The lowest BCUT2D eigenvalue weighted by Crippen LogP contribution is -2.58. The Morgan fingerprint density at radius 2 is 2.03 bits per heavy atom. The number of halogens is 2. The number of benzene rings is 1. The molecule has 1 aromatic carbocycles. The van der Waals surface area contributed by atoms with Gasteiger partial charge in [0.05, 0.1) is 51.1 Å². The monoisotopic (exact) mass is 485 g/mol. The molecule has 11 heteroatoms. The summed E-state index contributed by atoms with van der Waals surface area (Å²) in [6.45, 7) is 3.76. The van der Waals surface area contributed by atoms with Crippen LogP contribution in [0.15, 0.2) is 12.1 Å². The van der Waals surface area contributed by atoms with Crippen LogP contribution in [-0.2, 0) is 24.3 Å². The smallest absolute Gasteiger partial charge is 0.235 e. The second-order valence-corrected chi connectivity index (χ2v) is 11.6. The lowest BCUT2D eigenvalue weighted by atomic mass is 9.64. The van der Waals surface area contributed by atoms with Crippen LogP contribution in [0.5, 0.6) is 0 Å². The largest absolute Gasteiger partial charge is 0.366 e. The summed E-state index contributed by atoms with van der Waals surface area (Å²) in [4.78, 5) is 15.3. The fraction of sp³-hybridized carbons (Fsp3) is 0.600. The number of fused-ring (bicyclic) bond motifs is 2. The molecular weight excluding hydrogens is 465 g/mol. The maximum Gasteiger partial charge on any atom is 0.235 e. The number of hydrogen-bond acceptors (Lipinski definition) is 6. The SMILES string of the molecule is CCS(=O)(=O)N[C@H]1C[C@@]23CCO[C@H]4[C@@H]2[C@H](C(=O)N4c2cc(Cl)c(C#N)c(Cl)c2)[C@]1(C)O3. The van der Waals surface area contributed by atoms with Crippen molar-refractivity contribution in [2.75, 3.05) is 17.3 Å². The molecule has 0 aliphatic carbocycles. The van der Waals surface area contributed by atoms with Gasteiger partial charge in [-0.2, -0.15) is 5.26 Å². The highest BCUT2D eigenvalue weighted by Gasteiger charge is 2.78. The number of amides is 1. The zero-order chi connectivity index (χ0) is 22.3. The maximum atomic E-state index is 13.7. The maximum absolute atomic E-state index is 13.7. The van der Waals surface area contributed by atoms with Crippen LogP contribution in [0.1, 0.15) is 32.3 Å². The van der Waals surface area contributed by atoms with Gasteiger partial charge < -0.3 is 9.47 Å². The summed E-state index contributed by atoms with van der Waals surface area (Å²) in [6.07, 6.45) is 0.497. The van der Waals surface area contributed by atoms with Gasteiger partial charge in [-0.1, -0.05) is 23.2 Å². The summed E-state index contributed by atoms with van der Waals surface area (Å²) in [5.74, 6) is -1.09. The third-order valence-corrected chi connectivity index (χ3v) is 9.25. The molecule has 4 saturated heterocycles. The second kappa shape index (κ2) is 6.80. The first kappa shape index (κ1) is 21.4. The fourth-order valence-corrected chi connectivity index (χ4v) is 7.37. The third kappa shape index (κ3) is 2.82. The van der Waals surface area contributed by atoms with E-state index in [0.717, 1.165) is 0 Å². The number of hydrogen-bond donors (Lipinski definition) is 1. The van der Waals surface area contributed by atoms with E-state index in [1.807, 2.05) is 13.0 Å². The number of nitrogens with zero attached hydrogens (tertiary/aromatic N) is 2. The summed E-state index contributed by atoms with van der Waals surface area (Å²) >= 11 is 12.5. The topological polar surface area (TPSA) is 109 Å². The molecule has 1 amide bonds. The molecule has 166 valence electrons. The Bertz CT molecular complexity index is 1120. The summed E-state index contributed by atoms with van der Waals surface area (Å²) in [7, 11) is -3.48. The molecule has 1 aromatic rings. The highest BCUT2D eigenvalue weighted by Crippen LogP contribution is 2.65. The minimum atomic E-state index is -3.48. The molecule has 1 N–H and O–H groups in total. The zero-order valence-corrected chi connectivity index (χ0v) is 19.2. The van der Waals surface area contributed by atoms with E-state index in [9.17, 15) is 18.5 Å². The number of rotatable bonds is 4. The van der Waals surface area contributed by atoms with Crippen molar-refractivity contribution in [1.29, 1.82) is 5.26 Å². The van der Waals surface area contributed by atoms with Crippen molar-refractivity contribution in [1.82, 2.24) is 4.72 Å². The number of anilines is 1. The van der Waals surface area contributed by atoms with Crippen LogP contribution in [-0.4, -0.2) is 50.2 Å². The Balaban J connectivity index is 1.58. The van der Waals surface area contributed by atoms with E-state index in [-0.39, 0.29) is 33.2 Å². The van der Waals surface area contributed by atoms with Crippen LogP contribution < -0.4 is 9.62 Å². The summed E-state index contributed by atoms with van der Waals surface area (Å²) < 4.78 is 39.9. The van der Waals surface area contributed by atoms with E-state index >= 15 is 0 Å². The van der Waals surface area contributed by atoms with Crippen LogP contribution in [0.2, 0.25) is 10.0 Å². The Morgan fingerprint density at radius 1 is 1.35 bits per heavy atom. The van der Waals surface area contributed by atoms with Crippen molar-refractivity contribution in [2.45, 2.75) is 50.2 Å². The summed E-state index contributed by atoms with van der Waals surface area (Å²) in [5.41, 5.74) is -1.05. The molecule has 0 unspecified atom stereocenters. The predicted molar refractivity (Wildman–Crippen MR) is 113 cm³/mol. The van der Waals surface area contributed by atoms with Gasteiger partial charge >= 0.3 is 0 Å². The highest BCUT2D eigenvalue weighted by molar-refractivity contribution is 7.89. The minimum absolute atomic E-state index is 0.0469. The van der Waals surface area contributed by atoms with E-state index in [1.165, 1.54) is 12.1 Å². The van der Waals surface area contributed by atoms with Crippen LogP contribution in [0, 0.1) is 23.2 Å². The molecule has 4 aliphatic heterocycles. The second-order valence-electron chi connectivity index (χ2n) is 8.75. The van der Waals surface area contributed by atoms with Gasteiger partial charge in [0.15, 0.2) is 0 Å². The number of nitriles is 1. The standard InChI is InChI=1S/C20H21Cl2N3O5S/c1-3-31(27,28)24-14-8-20-4-5-29-18-16(20)15(19(14,2)30-20)17(26)25(18)10-6-12(21)11(9-23)13(22)7-10/h6-7,14-16,18,24H,3-5,8H2,1-2H3/t14-,15+,16-,18-,19+,20-/m0/s1. The van der Waals surface area contributed by atoms with Gasteiger partial charge in [-0.25, -0.2) is 13.1 Å². The Hall–Kier alpha value is -1.41. The number of ether oxygens (including phenoxy) is 2. The van der Waals surface area contributed by atoms with Crippen LogP contribution in [0.25, 0.3) is 0 Å². The highest BCUT2D eigenvalue weighted by atomic mass is 35.5. The van der Waals surface area contributed by atoms with Crippen LogP contribution in [0.4, 0.5) is 5.69 Å². The lowest BCUT2D eigenvalue weighted by Gasteiger charge is -2.42. The Morgan fingerprint density at radius 3 is 2.65 bits per heavy atom. The normalized spacial score (nSPS) is 38.4.